The lowest BCUT2D eigenvalue weighted by atomic mass is 10.0. The molecular formula is C26H31N3O4. The molecule has 0 N–H and O–H groups in total. The van der Waals surface area contributed by atoms with Crippen molar-refractivity contribution in [2.45, 2.75) is 13.8 Å². The first-order chi connectivity index (χ1) is 15.9. The molecule has 2 aliphatic heterocycles. The van der Waals surface area contributed by atoms with E-state index in [0.29, 0.717) is 59.6 Å². The largest absolute Gasteiger partial charge is 0.497 e. The molecule has 0 aliphatic carbocycles. The molecule has 174 valence electrons. The van der Waals surface area contributed by atoms with E-state index in [-0.39, 0.29) is 11.8 Å². The minimum Gasteiger partial charge on any atom is -0.497 e. The molecule has 4 rings (SSSR count). The molecule has 7 nitrogen and oxygen atoms in total. The van der Waals surface area contributed by atoms with Crippen LogP contribution in [0.15, 0.2) is 54.2 Å². The first-order valence-electron chi connectivity index (χ1n) is 11.3. The number of hydrogen-bond donors (Lipinski definition) is 0. The van der Waals surface area contributed by atoms with Gasteiger partial charge in [-0.15, -0.1) is 0 Å². The number of piperazine rings is 1. The third-order valence-corrected chi connectivity index (χ3v) is 5.94. The molecule has 0 spiro atoms. The zero-order valence-corrected chi connectivity index (χ0v) is 19.7. The number of benzene rings is 2. The van der Waals surface area contributed by atoms with Gasteiger partial charge in [0.25, 0.3) is 11.8 Å². The van der Waals surface area contributed by atoms with E-state index in [1.165, 1.54) is 4.90 Å². The molecule has 2 heterocycles. The molecule has 2 amide bonds. The highest BCUT2D eigenvalue weighted by Gasteiger charge is 2.42. The minimum absolute atomic E-state index is 0.286. The minimum atomic E-state index is -0.310. The van der Waals surface area contributed by atoms with Gasteiger partial charge in [-0.05, 0) is 54.9 Å². The highest BCUT2D eigenvalue weighted by Crippen LogP contribution is 2.36. The van der Waals surface area contributed by atoms with Crippen LogP contribution in [0.2, 0.25) is 0 Å². The lowest BCUT2D eigenvalue weighted by molar-refractivity contribution is -0.120. The molecule has 2 aliphatic rings. The molecule has 1 saturated heterocycles. The normalized spacial score (nSPS) is 17.4. The number of carbonyl (C=O) groups is 2. The molecule has 0 unspecified atom stereocenters. The number of methoxy groups -OCH3 is 1. The van der Waals surface area contributed by atoms with Crippen molar-refractivity contribution in [1.29, 1.82) is 0 Å². The van der Waals surface area contributed by atoms with Crippen LogP contribution in [-0.4, -0.2) is 68.6 Å². The van der Waals surface area contributed by atoms with Gasteiger partial charge in [-0.2, -0.15) is 0 Å². The molecule has 2 aromatic rings. The van der Waals surface area contributed by atoms with Crippen molar-refractivity contribution in [3.8, 4) is 11.5 Å². The molecule has 0 aromatic heterocycles. The second-order valence-corrected chi connectivity index (χ2v) is 8.89. The smallest absolute Gasteiger partial charge is 0.282 e. The number of ether oxygens (including phenoxy) is 2. The fraction of sp³-hybridized carbons (Fsp3) is 0.385. The Morgan fingerprint density at radius 1 is 0.848 bits per heavy atom. The molecule has 0 radical (unpaired) electrons. The Labute approximate surface area is 195 Å². The Kier molecular flexibility index (Phi) is 6.70. The lowest BCUT2D eigenvalue weighted by Crippen LogP contribution is -2.46. The Hall–Kier alpha value is -3.32. The Morgan fingerprint density at radius 3 is 2.03 bits per heavy atom. The molecule has 33 heavy (non-hydrogen) atoms. The van der Waals surface area contributed by atoms with Gasteiger partial charge >= 0.3 is 0 Å². The first kappa shape index (κ1) is 22.9. The number of rotatable bonds is 7. The van der Waals surface area contributed by atoms with Gasteiger partial charge < -0.3 is 19.3 Å². The summed E-state index contributed by atoms with van der Waals surface area (Å²) in [4.78, 5) is 32.8. The number of imide groups is 1. The van der Waals surface area contributed by atoms with Gasteiger partial charge in [0.05, 0.1) is 25.0 Å². The van der Waals surface area contributed by atoms with Crippen molar-refractivity contribution >= 4 is 23.1 Å². The van der Waals surface area contributed by atoms with E-state index in [9.17, 15) is 9.59 Å². The van der Waals surface area contributed by atoms with Gasteiger partial charge in [0.15, 0.2) is 0 Å². The van der Waals surface area contributed by atoms with Crippen LogP contribution in [0.25, 0.3) is 5.57 Å². The van der Waals surface area contributed by atoms with Gasteiger partial charge in [-0.1, -0.05) is 26.0 Å². The topological polar surface area (TPSA) is 62.3 Å². The first-order valence-corrected chi connectivity index (χ1v) is 11.3. The second-order valence-electron chi connectivity index (χ2n) is 8.89. The summed E-state index contributed by atoms with van der Waals surface area (Å²) in [7, 11) is 3.66. The van der Waals surface area contributed by atoms with Gasteiger partial charge in [-0.3, -0.25) is 9.59 Å². The molecule has 0 bridgehead atoms. The average Bonchev–Trinajstić information content (AvgIpc) is 3.08. The van der Waals surface area contributed by atoms with Crippen molar-refractivity contribution in [3.05, 3.63) is 59.8 Å². The quantitative estimate of drug-likeness (QED) is 0.605. The van der Waals surface area contributed by atoms with Crippen LogP contribution >= 0.6 is 0 Å². The molecule has 7 heteroatoms. The number of likely N-dealkylation sites (N-methyl/N-ethyl adjacent to an activating group) is 1. The zero-order valence-electron chi connectivity index (χ0n) is 19.7. The molecule has 0 atom stereocenters. The van der Waals surface area contributed by atoms with E-state index >= 15 is 0 Å². The average molecular weight is 450 g/mol. The highest BCUT2D eigenvalue weighted by molar-refractivity contribution is 6.45. The summed E-state index contributed by atoms with van der Waals surface area (Å²) in [5.74, 6) is 1.23. The van der Waals surface area contributed by atoms with Crippen LogP contribution in [0.3, 0.4) is 0 Å². The van der Waals surface area contributed by atoms with E-state index in [1.807, 2.05) is 29.2 Å². The number of nitrogens with zero attached hydrogens (tertiary/aromatic N) is 3. The standard InChI is InChI=1S/C26H31N3O4/c1-18(2)17-33-22-11-7-20(8-12-22)29-25(30)23(19-5-9-21(32-4)10-6-19)24(26(29)31)28-15-13-27(3)14-16-28/h5-12,18H,13-17H2,1-4H3. The Bertz CT molecular complexity index is 1040. The van der Waals surface area contributed by atoms with Crippen LogP contribution in [0.5, 0.6) is 11.5 Å². The van der Waals surface area contributed by atoms with Crippen molar-refractivity contribution in [2.75, 3.05) is 51.8 Å². The monoisotopic (exact) mass is 449 g/mol. The number of anilines is 1. The van der Waals surface area contributed by atoms with Crippen LogP contribution in [0.4, 0.5) is 5.69 Å². The van der Waals surface area contributed by atoms with Crippen LogP contribution in [0, 0.1) is 5.92 Å². The lowest BCUT2D eigenvalue weighted by Gasteiger charge is -2.34. The second kappa shape index (κ2) is 9.67. The van der Waals surface area contributed by atoms with Crippen LogP contribution in [-0.2, 0) is 9.59 Å². The van der Waals surface area contributed by atoms with Crippen molar-refractivity contribution < 1.29 is 19.1 Å². The maximum Gasteiger partial charge on any atom is 0.282 e. The van der Waals surface area contributed by atoms with E-state index in [4.69, 9.17) is 9.47 Å². The van der Waals surface area contributed by atoms with E-state index < -0.39 is 0 Å². The van der Waals surface area contributed by atoms with Crippen molar-refractivity contribution in [1.82, 2.24) is 9.80 Å². The number of amides is 2. The molecule has 2 aromatic carbocycles. The number of hydrogen-bond acceptors (Lipinski definition) is 6. The third kappa shape index (κ3) is 4.73. The molecular weight excluding hydrogens is 418 g/mol. The summed E-state index contributed by atoms with van der Waals surface area (Å²) in [5, 5.41) is 0. The van der Waals surface area contributed by atoms with Crippen molar-refractivity contribution in [3.63, 3.8) is 0 Å². The van der Waals surface area contributed by atoms with Crippen molar-refractivity contribution in [2.24, 2.45) is 5.92 Å². The maximum atomic E-state index is 13.6. The van der Waals surface area contributed by atoms with Gasteiger partial charge in [0, 0.05) is 26.2 Å². The van der Waals surface area contributed by atoms with Gasteiger partial charge in [0.2, 0.25) is 0 Å². The summed E-state index contributed by atoms with van der Waals surface area (Å²) in [5.41, 5.74) is 2.16. The summed E-state index contributed by atoms with van der Waals surface area (Å²) in [6.07, 6.45) is 0. The van der Waals surface area contributed by atoms with E-state index in [2.05, 4.69) is 25.8 Å². The van der Waals surface area contributed by atoms with E-state index in [1.54, 1.807) is 31.4 Å². The molecule has 0 saturated carbocycles. The predicted molar refractivity (Wildman–Crippen MR) is 128 cm³/mol. The summed E-state index contributed by atoms with van der Waals surface area (Å²) in [6.45, 7) is 7.84. The van der Waals surface area contributed by atoms with Gasteiger partial charge in [0.1, 0.15) is 17.2 Å². The summed E-state index contributed by atoms with van der Waals surface area (Å²) in [6, 6.07) is 14.4. The maximum absolute atomic E-state index is 13.6. The van der Waals surface area contributed by atoms with Crippen LogP contribution < -0.4 is 14.4 Å². The SMILES string of the molecule is COc1ccc(C2=C(N3CCN(C)CC3)C(=O)N(c3ccc(OCC(C)C)cc3)C2=O)cc1. The zero-order chi connectivity index (χ0) is 23.5. The number of carbonyl (C=O) groups excluding carboxylic acids is 2. The van der Waals surface area contributed by atoms with E-state index in [0.717, 1.165) is 13.1 Å². The fourth-order valence-electron chi connectivity index (χ4n) is 4.05. The predicted octanol–water partition coefficient (Wildman–Crippen LogP) is 3.26. The Balaban J connectivity index is 1.68. The fourth-order valence-corrected chi connectivity index (χ4v) is 4.05. The Morgan fingerprint density at radius 2 is 1.45 bits per heavy atom. The summed E-state index contributed by atoms with van der Waals surface area (Å²) < 4.78 is 11.0. The third-order valence-electron chi connectivity index (χ3n) is 5.94. The molecule has 1 fully saturated rings. The van der Waals surface area contributed by atoms with Gasteiger partial charge in [-0.25, -0.2) is 4.90 Å². The van der Waals surface area contributed by atoms with Crippen LogP contribution in [0.1, 0.15) is 19.4 Å². The highest BCUT2D eigenvalue weighted by atomic mass is 16.5. The summed E-state index contributed by atoms with van der Waals surface area (Å²) >= 11 is 0.